The van der Waals surface area contributed by atoms with E-state index in [1.54, 1.807) is 18.5 Å². The number of nitrogens with two attached hydrogens (primary N) is 1. The van der Waals surface area contributed by atoms with E-state index in [-0.39, 0.29) is 18.4 Å². The van der Waals surface area contributed by atoms with Gasteiger partial charge in [0.2, 0.25) is 11.8 Å². The summed E-state index contributed by atoms with van der Waals surface area (Å²) < 4.78 is 5.19. The summed E-state index contributed by atoms with van der Waals surface area (Å²) in [6, 6.07) is 5.08. The van der Waals surface area contributed by atoms with Crippen molar-refractivity contribution >= 4 is 17.5 Å². The summed E-state index contributed by atoms with van der Waals surface area (Å²) in [7, 11) is 1.53. The van der Waals surface area contributed by atoms with Crippen LogP contribution >= 0.6 is 11.6 Å². The number of hydrogen-bond acceptors (Lipinski definition) is 6. The molecule has 1 unspecified atom stereocenters. The third-order valence-corrected chi connectivity index (χ3v) is 5.42. The summed E-state index contributed by atoms with van der Waals surface area (Å²) in [5, 5.41) is 10.1. The van der Waals surface area contributed by atoms with Gasteiger partial charge in [-0.3, -0.25) is 14.7 Å². The monoisotopic (exact) mass is 404 g/mol. The highest BCUT2D eigenvalue weighted by Gasteiger charge is 2.30. The Balaban J connectivity index is 1.76. The molecule has 1 aliphatic heterocycles. The number of piperidine rings is 1. The van der Waals surface area contributed by atoms with E-state index in [9.17, 15) is 9.90 Å². The van der Waals surface area contributed by atoms with E-state index in [1.807, 2.05) is 12.1 Å². The minimum absolute atomic E-state index is 0.132. The second-order valence-electron chi connectivity index (χ2n) is 7.02. The first-order valence-corrected chi connectivity index (χ1v) is 9.67. The average molecular weight is 405 g/mol. The van der Waals surface area contributed by atoms with Crippen molar-refractivity contribution in [1.82, 2.24) is 14.9 Å². The molecule has 0 spiro atoms. The number of halogens is 1. The molecule has 28 heavy (non-hydrogen) atoms. The van der Waals surface area contributed by atoms with Crippen molar-refractivity contribution in [3.05, 3.63) is 52.4 Å². The third-order valence-electron chi connectivity index (χ3n) is 5.19. The molecular weight excluding hydrogens is 380 g/mol. The number of pyridine rings is 2. The number of aliphatic hydroxyl groups excluding tert-OH is 1. The van der Waals surface area contributed by atoms with E-state index in [0.29, 0.717) is 29.4 Å². The molecule has 0 aliphatic carbocycles. The van der Waals surface area contributed by atoms with Crippen molar-refractivity contribution in [2.45, 2.75) is 37.8 Å². The van der Waals surface area contributed by atoms with Gasteiger partial charge in [-0.2, -0.15) is 0 Å². The molecule has 0 aromatic carbocycles. The maximum absolute atomic E-state index is 12.2. The second kappa shape index (κ2) is 9.32. The zero-order valence-electron chi connectivity index (χ0n) is 15.8. The maximum Gasteiger partial charge on any atom is 0.235 e. The van der Waals surface area contributed by atoms with Crippen LogP contribution in [-0.2, 0) is 17.8 Å². The molecule has 1 saturated heterocycles. The van der Waals surface area contributed by atoms with Crippen LogP contribution in [-0.4, -0.2) is 52.1 Å². The van der Waals surface area contributed by atoms with Crippen LogP contribution in [0.2, 0.25) is 5.02 Å². The van der Waals surface area contributed by atoms with Crippen LogP contribution in [0.3, 0.4) is 0 Å². The van der Waals surface area contributed by atoms with Crippen LogP contribution in [0.1, 0.15) is 35.6 Å². The maximum atomic E-state index is 12.2. The molecule has 8 heteroatoms. The Morgan fingerprint density at radius 3 is 2.89 bits per heavy atom. The standard InChI is InChI=1S/C20H25ClN4O3/c1-28-20-15(12-26)7-14(9-24-20)13-3-2-6-25(11-13)18(19(22)27)8-17-5-4-16(21)10-23-17/h4-5,7,9-10,13,18,26H,2-3,6,8,11-12H2,1H3,(H2,22,27)/t13-,18?/m1/s1. The van der Waals surface area contributed by atoms with Crippen molar-refractivity contribution in [2.24, 2.45) is 5.73 Å². The molecular formula is C20H25ClN4O3. The lowest BCUT2D eigenvalue weighted by Crippen LogP contribution is -2.50. The summed E-state index contributed by atoms with van der Waals surface area (Å²) in [5.74, 6) is 0.279. The lowest BCUT2D eigenvalue weighted by Gasteiger charge is -2.37. The minimum Gasteiger partial charge on any atom is -0.481 e. The van der Waals surface area contributed by atoms with Gasteiger partial charge >= 0.3 is 0 Å². The van der Waals surface area contributed by atoms with Gasteiger partial charge in [-0.25, -0.2) is 4.98 Å². The quantitative estimate of drug-likeness (QED) is 0.730. The first-order valence-electron chi connectivity index (χ1n) is 9.29. The number of methoxy groups -OCH3 is 1. The van der Waals surface area contributed by atoms with Gasteiger partial charge in [0.25, 0.3) is 0 Å². The summed E-state index contributed by atoms with van der Waals surface area (Å²) in [6.45, 7) is 1.36. The highest BCUT2D eigenvalue weighted by atomic mass is 35.5. The molecule has 1 aliphatic rings. The van der Waals surface area contributed by atoms with Crippen molar-refractivity contribution in [3.63, 3.8) is 0 Å². The number of aliphatic hydroxyl groups is 1. The molecule has 150 valence electrons. The number of nitrogens with zero attached hydrogens (tertiary/aromatic N) is 3. The van der Waals surface area contributed by atoms with Gasteiger partial charge in [-0.05, 0) is 49.1 Å². The molecule has 2 aromatic heterocycles. The largest absolute Gasteiger partial charge is 0.481 e. The molecule has 3 heterocycles. The Morgan fingerprint density at radius 1 is 1.43 bits per heavy atom. The fourth-order valence-corrected chi connectivity index (χ4v) is 3.84. The zero-order valence-corrected chi connectivity index (χ0v) is 16.6. The van der Waals surface area contributed by atoms with E-state index >= 15 is 0 Å². The Kier molecular flexibility index (Phi) is 6.83. The molecule has 0 bridgehead atoms. The van der Waals surface area contributed by atoms with Gasteiger partial charge < -0.3 is 15.6 Å². The predicted molar refractivity (Wildman–Crippen MR) is 106 cm³/mol. The van der Waals surface area contributed by atoms with E-state index < -0.39 is 6.04 Å². The minimum atomic E-state index is -0.431. The summed E-state index contributed by atoms with van der Waals surface area (Å²) in [4.78, 5) is 22.9. The molecule has 1 amide bonds. The normalized spacial score (nSPS) is 18.6. The summed E-state index contributed by atoms with van der Waals surface area (Å²) >= 11 is 5.90. The topological polar surface area (TPSA) is 102 Å². The molecule has 7 nitrogen and oxygen atoms in total. The second-order valence-corrected chi connectivity index (χ2v) is 7.46. The molecule has 2 aromatic rings. The van der Waals surface area contributed by atoms with Crippen LogP contribution in [0.5, 0.6) is 5.88 Å². The Morgan fingerprint density at radius 2 is 2.25 bits per heavy atom. The molecule has 1 fully saturated rings. The molecule has 2 atom stereocenters. The summed E-state index contributed by atoms with van der Waals surface area (Å²) in [6.07, 6.45) is 5.74. The van der Waals surface area contributed by atoms with Gasteiger partial charge in [-0.15, -0.1) is 0 Å². The van der Waals surface area contributed by atoms with Crippen molar-refractivity contribution < 1.29 is 14.6 Å². The first kappa shape index (κ1) is 20.5. The SMILES string of the molecule is COc1ncc([C@@H]2CCCN(C(Cc3ccc(Cl)cn3)C(N)=O)C2)cc1CO. The van der Waals surface area contributed by atoms with Gasteiger partial charge in [0.1, 0.15) is 0 Å². The van der Waals surface area contributed by atoms with Crippen LogP contribution < -0.4 is 10.5 Å². The Bertz CT molecular complexity index is 816. The van der Waals surface area contributed by atoms with E-state index in [1.165, 1.54) is 7.11 Å². The zero-order chi connectivity index (χ0) is 20.1. The van der Waals surface area contributed by atoms with E-state index in [0.717, 1.165) is 30.6 Å². The molecule has 0 saturated carbocycles. The van der Waals surface area contributed by atoms with Crippen molar-refractivity contribution in [2.75, 3.05) is 20.2 Å². The summed E-state index contributed by atoms with van der Waals surface area (Å²) in [5.41, 5.74) is 8.19. The fourth-order valence-electron chi connectivity index (χ4n) is 3.73. The lowest BCUT2D eigenvalue weighted by atomic mass is 9.89. The van der Waals surface area contributed by atoms with Crippen LogP contribution in [0, 0.1) is 0 Å². The smallest absolute Gasteiger partial charge is 0.235 e. The van der Waals surface area contributed by atoms with Gasteiger partial charge in [0, 0.05) is 36.6 Å². The lowest BCUT2D eigenvalue weighted by molar-refractivity contribution is -0.123. The van der Waals surface area contributed by atoms with Crippen molar-refractivity contribution in [3.8, 4) is 5.88 Å². The highest BCUT2D eigenvalue weighted by molar-refractivity contribution is 6.30. The number of carbonyl (C=O) groups is 1. The van der Waals surface area contributed by atoms with Gasteiger partial charge in [0.05, 0.1) is 24.8 Å². The molecule has 3 N–H and O–H groups in total. The Hall–Kier alpha value is -2.22. The molecule has 0 radical (unpaired) electrons. The number of carbonyl (C=O) groups excluding carboxylic acids is 1. The average Bonchev–Trinajstić information content (AvgIpc) is 2.72. The Labute approximate surface area is 169 Å². The van der Waals surface area contributed by atoms with E-state index in [4.69, 9.17) is 22.1 Å². The van der Waals surface area contributed by atoms with Crippen LogP contribution in [0.25, 0.3) is 0 Å². The molecule has 3 rings (SSSR count). The first-order chi connectivity index (χ1) is 13.5. The van der Waals surface area contributed by atoms with Crippen LogP contribution in [0.15, 0.2) is 30.6 Å². The number of primary amides is 1. The van der Waals surface area contributed by atoms with E-state index in [2.05, 4.69) is 14.9 Å². The van der Waals surface area contributed by atoms with Gasteiger partial charge in [0.15, 0.2) is 0 Å². The number of rotatable bonds is 7. The van der Waals surface area contributed by atoms with Crippen LogP contribution in [0.4, 0.5) is 0 Å². The fraction of sp³-hybridized carbons (Fsp3) is 0.450. The third kappa shape index (κ3) is 4.79. The predicted octanol–water partition coefficient (Wildman–Crippen LogP) is 1.91. The van der Waals surface area contributed by atoms with Crippen molar-refractivity contribution in [1.29, 1.82) is 0 Å². The number of aromatic nitrogens is 2. The number of amides is 1. The van der Waals surface area contributed by atoms with Gasteiger partial charge in [-0.1, -0.05) is 11.6 Å². The highest BCUT2D eigenvalue weighted by Crippen LogP contribution is 2.30. The number of likely N-dealkylation sites (tertiary alicyclic amines) is 1. The number of ether oxygens (including phenoxy) is 1. The number of hydrogen-bond donors (Lipinski definition) is 2.